The number of nitrogens with zero attached hydrogens (tertiary/aromatic N) is 5. The summed E-state index contributed by atoms with van der Waals surface area (Å²) in [5, 5.41) is 5.08. The fourth-order valence-electron chi connectivity index (χ4n) is 4.43. The second-order valence-corrected chi connectivity index (χ2v) is 10.3. The van der Waals surface area contributed by atoms with E-state index < -0.39 is 0 Å². The van der Waals surface area contributed by atoms with E-state index in [1.54, 1.807) is 10.7 Å². The van der Waals surface area contributed by atoms with E-state index in [0.717, 1.165) is 42.9 Å². The molecule has 4 heterocycles. The van der Waals surface area contributed by atoms with Crippen molar-refractivity contribution in [3.63, 3.8) is 0 Å². The van der Waals surface area contributed by atoms with Gasteiger partial charge in [0.05, 0.1) is 17.8 Å². The lowest BCUT2D eigenvalue weighted by molar-refractivity contribution is -0.155. The Hall–Kier alpha value is -3.65. The lowest BCUT2D eigenvalue weighted by Crippen LogP contribution is -2.39. The fraction of sp³-hybridized carbons (Fsp3) is 0.357. The molecule has 0 unspecified atom stereocenters. The van der Waals surface area contributed by atoms with E-state index in [9.17, 15) is 9.59 Å². The van der Waals surface area contributed by atoms with Crippen LogP contribution in [0.4, 0.5) is 5.82 Å². The van der Waals surface area contributed by atoms with E-state index in [-0.39, 0.29) is 29.5 Å². The van der Waals surface area contributed by atoms with Crippen LogP contribution in [0, 0.1) is 11.8 Å². The highest BCUT2D eigenvalue weighted by atomic mass is 35.5. The Balaban J connectivity index is 1.28. The smallest absolute Gasteiger partial charge is 0.309 e. The third-order valence-electron chi connectivity index (χ3n) is 7.14. The van der Waals surface area contributed by atoms with Crippen molar-refractivity contribution in [3.8, 4) is 16.8 Å². The molecule has 0 amide bonds. The van der Waals surface area contributed by atoms with Gasteiger partial charge in [0, 0.05) is 42.7 Å². The minimum atomic E-state index is -0.178. The number of hydrogen-bond donors (Lipinski definition) is 0. The van der Waals surface area contributed by atoms with Gasteiger partial charge < -0.3 is 9.64 Å². The van der Waals surface area contributed by atoms with Crippen LogP contribution >= 0.6 is 11.6 Å². The first-order valence-electron chi connectivity index (χ1n) is 12.6. The number of carbonyl (C=O) groups excluding carboxylic acids is 1. The Morgan fingerprint density at radius 2 is 1.78 bits per heavy atom. The average molecular weight is 520 g/mol. The average Bonchev–Trinajstić information content (AvgIpc) is 3.35. The highest BCUT2D eigenvalue weighted by molar-refractivity contribution is 6.30. The number of rotatable bonds is 6. The van der Waals surface area contributed by atoms with Crippen molar-refractivity contribution in [2.45, 2.75) is 39.7 Å². The van der Waals surface area contributed by atoms with Crippen LogP contribution in [0.5, 0.6) is 0 Å². The SMILES string of the molecule is CC(C)[C@H](C)C(=O)OC1CCN(c2ccc(-n3cnn4cc(-c5ccc(Cl)cc5)cc4c3=O)cn2)CC1. The Morgan fingerprint density at radius 1 is 1.05 bits per heavy atom. The summed E-state index contributed by atoms with van der Waals surface area (Å²) in [7, 11) is 0. The van der Waals surface area contributed by atoms with Gasteiger partial charge in [0.2, 0.25) is 0 Å². The van der Waals surface area contributed by atoms with Crippen molar-refractivity contribution >= 4 is 28.9 Å². The predicted octanol–water partition coefficient (Wildman–Crippen LogP) is 5.00. The number of hydrogen-bond acceptors (Lipinski definition) is 6. The summed E-state index contributed by atoms with van der Waals surface area (Å²) in [6.07, 6.45) is 6.51. The summed E-state index contributed by atoms with van der Waals surface area (Å²) in [6, 6.07) is 13.1. The summed E-state index contributed by atoms with van der Waals surface area (Å²) in [4.78, 5) is 32.3. The number of ether oxygens (including phenoxy) is 1. The second kappa shape index (κ2) is 10.4. The number of anilines is 1. The molecule has 1 atom stereocenters. The monoisotopic (exact) mass is 519 g/mol. The van der Waals surface area contributed by atoms with E-state index in [1.165, 1.54) is 10.9 Å². The fourth-order valence-corrected chi connectivity index (χ4v) is 4.55. The molecule has 0 spiro atoms. The molecule has 0 N–H and O–H groups in total. The standard InChI is InChI=1S/C28H30ClN5O3/c1-18(2)19(3)28(36)37-24-10-12-32(13-11-24)26-9-8-23(15-30-26)33-17-31-34-16-21(14-25(34)27(33)35)20-4-6-22(29)7-5-20/h4-9,14-19,24H,10-13H2,1-3H3/t19-/m0/s1. The van der Waals surface area contributed by atoms with Crippen molar-refractivity contribution < 1.29 is 9.53 Å². The molecule has 8 nitrogen and oxygen atoms in total. The Morgan fingerprint density at radius 3 is 2.43 bits per heavy atom. The maximum atomic E-state index is 13.2. The van der Waals surface area contributed by atoms with Gasteiger partial charge in [-0.15, -0.1) is 0 Å². The molecule has 0 radical (unpaired) electrons. The van der Waals surface area contributed by atoms with Gasteiger partial charge in [-0.1, -0.05) is 44.5 Å². The molecule has 9 heteroatoms. The van der Waals surface area contributed by atoms with Crippen LogP contribution in [0.1, 0.15) is 33.6 Å². The van der Waals surface area contributed by atoms with Gasteiger partial charge in [-0.05, 0) is 41.8 Å². The first-order chi connectivity index (χ1) is 17.8. The molecule has 192 valence electrons. The van der Waals surface area contributed by atoms with E-state index in [0.29, 0.717) is 16.2 Å². The summed E-state index contributed by atoms with van der Waals surface area (Å²) in [5.74, 6) is 0.885. The normalized spacial score (nSPS) is 15.3. The van der Waals surface area contributed by atoms with Gasteiger partial charge in [-0.3, -0.25) is 14.2 Å². The van der Waals surface area contributed by atoms with Crippen LogP contribution in [0.15, 0.2) is 66.0 Å². The van der Waals surface area contributed by atoms with Gasteiger partial charge >= 0.3 is 5.97 Å². The molecule has 1 aliphatic rings. The van der Waals surface area contributed by atoms with Gasteiger partial charge in [0.25, 0.3) is 5.56 Å². The Kier molecular flexibility index (Phi) is 7.02. The molecule has 5 rings (SSSR count). The van der Waals surface area contributed by atoms with Gasteiger partial charge in [0.1, 0.15) is 23.8 Å². The highest BCUT2D eigenvalue weighted by Gasteiger charge is 2.26. The van der Waals surface area contributed by atoms with Crippen molar-refractivity contribution in [1.82, 2.24) is 19.2 Å². The third kappa shape index (κ3) is 5.25. The number of esters is 1. The first-order valence-corrected chi connectivity index (χ1v) is 13.0. The van der Waals surface area contributed by atoms with Gasteiger partial charge in [-0.2, -0.15) is 5.10 Å². The zero-order valence-corrected chi connectivity index (χ0v) is 21.9. The highest BCUT2D eigenvalue weighted by Crippen LogP contribution is 2.24. The zero-order chi connectivity index (χ0) is 26.1. The molecule has 3 aromatic heterocycles. The molecule has 1 aliphatic heterocycles. The minimum Gasteiger partial charge on any atom is -0.462 e. The molecule has 1 aromatic carbocycles. The lowest BCUT2D eigenvalue weighted by atomic mass is 9.98. The van der Waals surface area contributed by atoms with Gasteiger partial charge in [-0.25, -0.2) is 9.50 Å². The van der Waals surface area contributed by atoms with Gasteiger partial charge in [0.15, 0.2) is 0 Å². The van der Waals surface area contributed by atoms with E-state index in [4.69, 9.17) is 16.3 Å². The zero-order valence-electron chi connectivity index (χ0n) is 21.2. The first kappa shape index (κ1) is 25.0. The largest absolute Gasteiger partial charge is 0.462 e. The molecule has 1 saturated heterocycles. The van der Waals surface area contributed by atoms with Crippen molar-refractivity contribution in [2.75, 3.05) is 18.0 Å². The second-order valence-electron chi connectivity index (χ2n) is 9.90. The van der Waals surface area contributed by atoms with Crippen LogP contribution in [-0.2, 0) is 9.53 Å². The quantitative estimate of drug-likeness (QED) is 0.333. The Labute approximate surface area is 220 Å². The number of fused-ring (bicyclic) bond motifs is 1. The summed E-state index contributed by atoms with van der Waals surface area (Å²) >= 11 is 6.00. The van der Waals surface area contributed by atoms with Crippen LogP contribution in [-0.4, -0.2) is 44.3 Å². The van der Waals surface area contributed by atoms with Crippen molar-refractivity contribution in [1.29, 1.82) is 0 Å². The minimum absolute atomic E-state index is 0.0552. The van der Waals surface area contributed by atoms with E-state index >= 15 is 0 Å². The molecule has 37 heavy (non-hydrogen) atoms. The molecular weight excluding hydrogens is 490 g/mol. The molecule has 1 fully saturated rings. The third-order valence-corrected chi connectivity index (χ3v) is 7.39. The number of benzene rings is 1. The molecule has 4 aromatic rings. The van der Waals surface area contributed by atoms with Crippen LogP contribution in [0.3, 0.4) is 0 Å². The topological polar surface area (TPSA) is 81.7 Å². The summed E-state index contributed by atoms with van der Waals surface area (Å²) in [6.45, 7) is 7.49. The number of aromatic nitrogens is 4. The number of piperidine rings is 1. The predicted molar refractivity (Wildman–Crippen MR) is 144 cm³/mol. The van der Waals surface area contributed by atoms with E-state index in [2.05, 4.69) is 15.0 Å². The van der Waals surface area contributed by atoms with Crippen LogP contribution in [0.2, 0.25) is 5.02 Å². The molecule has 0 aliphatic carbocycles. The molecular formula is C28H30ClN5O3. The number of carbonyl (C=O) groups is 1. The summed E-state index contributed by atoms with van der Waals surface area (Å²) in [5.41, 5.74) is 2.78. The van der Waals surface area contributed by atoms with E-state index in [1.807, 2.05) is 69.4 Å². The van der Waals surface area contributed by atoms with Crippen molar-refractivity contribution in [2.24, 2.45) is 11.8 Å². The maximum Gasteiger partial charge on any atom is 0.309 e. The van der Waals surface area contributed by atoms with Crippen LogP contribution < -0.4 is 10.5 Å². The lowest BCUT2D eigenvalue weighted by Gasteiger charge is -2.33. The summed E-state index contributed by atoms with van der Waals surface area (Å²) < 4.78 is 8.81. The molecule has 0 saturated carbocycles. The number of halogens is 1. The Bertz CT molecular complexity index is 1450. The number of pyridine rings is 1. The van der Waals surface area contributed by atoms with Crippen molar-refractivity contribution in [3.05, 3.63) is 76.6 Å². The molecule has 0 bridgehead atoms. The maximum absolute atomic E-state index is 13.2. The van der Waals surface area contributed by atoms with Crippen LogP contribution in [0.25, 0.3) is 22.3 Å².